The molecule has 0 saturated carbocycles. The first-order chi connectivity index (χ1) is 8.77. The number of hydrogen-bond donors (Lipinski definition) is 0. The van der Waals surface area contributed by atoms with Crippen LogP contribution in [-0.2, 0) is 11.8 Å². The fourth-order valence-electron chi connectivity index (χ4n) is 1.50. The Labute approximate surface area is 137 Å². The molecule has 0 radical (unpaired) electrons. The standard InChI is InChI=1S/C13H13Br2NOS2/c1-13(2,3)9-6-18-11(16-9)5-8(17)7-4-10(14)19-12(7)15/h4,6H,5H2,1-3H3. The average molecular weight is 423 g/mol. The molecule has 0 amide bonds. The summed E-state index contributed by atoms with van der Waals surface area (Å²) in [7, 11) is 0. The van der Waals surface area contributed by atoms with E-state index in [-0.39, 0.29) is 11.2 Å². The Morgan fingerprint density at radius 3 is 2.53 bits per heavy atom. The minimum absolute atomic E-state index is 0.0315. The van der Waals surface area contributed by atoms with Gasteiger partial charge in [0.2, 0.25) is 0 Å². The molecule has 0 atom stereocenters. The molecule has 0 aliphatic carbocycles. The Morgan fingerprint density at radius 2 is 2.05 bits per heavy atom. The zero-order valence-corrected chi connectivity index (χ0v) is 15.6. The van der Waals surface area contributed by atoms with Gasteiger partial charge >= 0.3 is 0 Å². The lowest BCUT2D eigenvalue weighted by molar-refractivity contribution is 0.0992. The van der Waals surface area contributed by atoms with Gasteiger partial charge in [-0.05, 0) is 37.9 Å². The average Bonchev–Trinajstić information content (AvgIpc) is 2.84. The Morgan fingerprint density at radius 1 is 1.37 bits per heavy atom. The van der Waals surface area contributed by atoms with Crippen molar-refractivity contribution in [2.75, 3.05) is 0 Å². The maximum absolute atomic E-state index is 12.2. The summed E-state index contributed by atoms with van der Waals surface area (Å²) in [5.74, 6) is 0.101. The van der Waals surface area contributed by atoms with E-state index < -0.39 is 0 Å². The molecule has 0 aliphatic heterocycles. The van der Waals surface area contributed by atoms with Gasteiger partial charge in [0.15, 0.2) is 5.78 Å². The molecular formula is C13H13Br2NOS2. The summed E-state index contributed by atoms with van der Waals surface area (Å²) in [6, 6.07) is 1.86. The number of carbonyl (C=O) groups excluding carboxylic acids is 1. The molecule has 0 spiro atoms. The second kappa shape index (κ2) is 5.76. The first-order valence-electron chi connectivity index (χ1n) is 5.70. The minimum Gasteiger partial charge on any atom is -0.294 e. The molecule has 0 bridgehead atoms. The van der Waals surface area contributed by atoms with E-state index in [0.717, 1.165) is 23.8 Å². The third-order valence-corrected chi connectivity index (χ3v) is 5.78. The maximum atomic E-state index is 12.2. The number of Topliss-reactive ketones (excluding diaryl/α,β-unsaturated/α-hetero) is 1. The summed E-state index contributed by atoms with van der Waals surface area (Å²) < 4.78 is 1.83. The molecule has 2 aromatic rings. The zero-order valence-electron chi connectivity index (χ0n) is 10.8. The van der Waals surface area contributed by atoms with Crippen LogP contribution < -0.4 is 0 Å². The summed E-state index contributed by atoms with van der Waals surface area (Å²) >= 11 is 9.88. The monoisotopic (exact) mass is 421 g/mol. The van der Waals surface area contributed by atoms with Gasteiger partial charge < -0.3 is 0 Å². The van der Waals surface area contributed by atoms with E-state index in [4.69, 9.17) is 0 Å². The lowest BCUT2D eigenvalue weighted by atomic mass is 9.93. The van der Waals surface area contributed by atoms with Crippen LogP contribution in [0.5, 0.6) is 0 Å². The third kappa shape index (κ3) is 3.74. The Hall–Kier alpha value is -0.0400. The molecule has 2 rings (SSSR count). The van der Waals surface area contributed by atoms with Crippen molar-refractivity contribution in [3.05, 3.63) is 35.3 Å². The van der Waals surface area contributed by atoms with Crippen LogP contribution in [0.4, 0.5) is 0 Å². The molecule has 0 aromatic carbocycles. The summed E-state index contributed by atoms with van der Waals surface area (Å²) in [6.07, 6.45) is 0.364. The summed E-state index contributed by atoms with van der Waals surface area (Å²) in [4.78, 5) is 16.8. The second-order valence-electron chi connectivity index (χ2n) is 5.21. The van der Waals surface area contributed by atoms with Crippen LogP contribution in [0, 0.1) is 0 Å². The predicted octanol–water partition coefficient (Wildman–Crippen LogP) is 5.45. The van der Waals surface area contributed by atoms with Crippen molar-refractivity contribution in [2.24, 2.45) is 0 Å². The van der Waals surface area contributed by atoms with Gasteiger partial charge in [0, 0.05) is 16.4 Å². The van der Waals surface area contributed by atoms with Crippen LogP contribution in [0.15, 0.2) is 19.0 Å². The van der Waals surface area contributed by atoms with Crippen LogP contribution in [0.2, 0.25) is 0 Å². The van der Waals surface area contributed by atoms with Gasteiger partial charge in [-0.25, -0.2) is 4.98 Å². The topological polar surface area (TPSA) is 30.0 Å². The molecule has 2 nitrogen and oxygen atoms in total. The number of rotatable bonds is 3. The van der Waals surface area contributed by atoms with Gasteiger partial charge in [-0.15, -0.1) is 22.7 Å². The molecule has 0 saturated heterocycles. The van der Waals surface area contributed by atoms with Crippen molar-refractivity contribution < 1.29 is 4.79 Å². The molecule has 0 fully saturated rings. The molecule has 2 aromatic heterocycles. The number of carbonyl (C=O) groups is 1. The van der Waals surface area contributed by atoms with E-state index >= 15 is 0 Å². The number of nitrogens with zero attached hydrogens (tertiary/aromatic N) is 1. The number of hydrogen-bond acceptors (Lipinski definition) is 4. The highest BCUT2D eigenvalue weighted by atomic mass is 79.9. The van der Waals surface area contributed by atoms with E-state index in [1.807, 2.05) is 11.4 Å². The van der Waals surface area contributed by atoms with Crippen molar-refractivity contribution in [1.82, 2.24) is 4.98 Å². The number of thiophene rings is 1. The molecule has 19 heavy (non-hydrogen) atoms. The Bertz CT molecular complexity index is 610. The highest BCUT2D eigenvalue weighted by Crippen LogP contribution is 2.33. The van der Waals surface area contributed by atoms with E-state index in [9.17, 15) is 4.79 Å². The normalized spacial score (nSPS) is 11.8. The van der Waals surface area contributed by atoms with Gasteiger partial charge in [-0.2, -0.15) is 0 Å². The van der Waals surface area contributed by atoms with Gasteiger partial charge in [-0.1, -0.05) is 20.8 Å². The van der Waals surface area contributed by atoms with Gasteiger partial charge in [0.25, 0.3) is 0 Å². The van der Waals surface area contributed by atoms with E-state index in [2.05, 4.69) is 57.6 Å². The van der Waals surface area contributed by atoms with Gasteiger partial charge in [0.05, 0.1) is 19.7 Å². The lowest BCUT2D eigenvalue weighted by Gasteiger charge is -2.14. The first kappa shape index (κ1) is 15.4. The SMILES string of the molecule is CC(C)(C)c1csc(CC(=O)c2cc(Br)sc2Br)n1. The molecule has 0 aliphatic rings. The van der Waals surface area contributed by atoms with Crippen molar-refractivity contribution in [2.45, 2.75) is 32.6 Å². The van der Waals surface area contributed by atoms with Crippen LogP contribution in [0.25, 0.3) is 0 Å². The zero-order chi connectivity index (χ0) is 14.2. The minimum atomic E-state index is 0.0315. The lowest BCUT2D eigenvalue weighted by Crippen LogP contribution is -2.12. The fourth-order valence-corrected chi connectivity index (χ4v) is 5.37. The van der Waals surface area contributed by atoms with Crippen molar-refractivity contribution in [3.8, 4) is 0 Å². The van der Waals surface area contributed by atoms with Crippen LogP contribution >= 0.6 is 54.5 Å². The van der Waals surface area contributed by atoms with E-state index in [1.165, 1.54) is 11.3 Å². The summed E-state index contributed by atoms with van der Waals surface area (Å²) in [5, 5.41) is 2.92. The van der Waals surface area contributed by atoms with Crippen molar-refractivity contribution in [3.63, 3.8) is 0 Å². The van der Waals surface area contributed by atoms with Crippen molar-refractivity contribution in [1.29, 1.82) is 0 Å². The van der Waals surface area contributed by atoms with Gasteiger partial charge in [0.1, 0.15) is 5.01 Å². The smallest absolute Gasteiger partial charge is 0.171 e. The molecule has 102 valence electrons. The maximum Gasteiger partial charge on any atom is 0.171 e. The second-order valence-corrected chi connectivity index (χ2v) is 9.91. The highest BCUT2D eigenvalue weighted by molar-refractivity contribution is 9.12. The largest absolute Gasteiger partial charge is 0.294 e. The van der Waals surface area contributed by atoms with Crippen LogP contribution in [-0.4, -0.2) is 10.8 Å². The van der Waals surface area contributed by atoms with Crippen LogP contribution in [0.1, 0.15) is 41.8 Å². The highest BCUT2D eigenvalue weighted by Gasteiger charge is 2.20. The number of halogens is 2. The first-order valence-corrected chi connectivity index (χ1v) is 8.98. The predicted molar refractivity (Wildman–Crippen MR) is 88.6 cm³/mol. The fraction of sp³-hybridized carbons (Fsp3) is 0.385. The van der Waals surface area contributed by atoms with Crippen LogP contribution in [0.3, 0.4) is 0 Å². The van der Waals surface area contributed by atoms with Crippen molar-refractivity contribution >= 4 is 60.3 Å². The molecular weight excluding hydrogens is 410 g/mol. The quantitative estimate of drug-likeness (QED) is 0.615. The van der Waals surface area contributed by atoms with E-state index in [0.29, 0.717) is 6.42 Å². The summed E-state index contributed by atoms with van der Waals surface area (Å²) in [6.45, 7) is 6.38. The number of ketones is 1. The molecule has 2 heterocycles. The van der Waals surface area contributed by atoms with E-state index in [1.54, 1.807) is 11.3 Å². The third-order valence-electron chi connectivity index (χ3n) is 2.59. The Kier molecular flexibility index (Phi) is 4.65. The molecule has 6 heteroatoms. The van der Waals surface area contributed by atoms with Gasteiger partial charge in [-0.3, -0.25) is 4.79 Å². The number of aromatic nitrogens is 1. The molecule has 0 N–H and O–H groups in total. The molecule has 0 unspecified atom stereocenters. The number of thiazole rings is 1. The summed E-state index contributed by atoms with van der Waals surface area (Å²) in [5.41, 5.74) is 1.80. The Balaban J connectivity index is 2.16.